The van der Waals surface area contributed by atoms with Crippen molar-refractivity contribution in [2.45, 2.75) is 39.2 Å². The number of carbonyl (C=O) groups excluding carboxylic acids is 2. The molecule has 0 bridgehead atoms. The Morgan fingerprint density at radius 2 is 1.77 bits per heavy atom. The molecule has 1 aliphatic carbocycles. The van der Waals surface area contributed by atoms with Crippen LogP contribution in [0.1, 0.15) is 81.6 Å². The number of nitrogens with one attached hydrogen (secondary N) is 1. The molecule has 0 spiro atoms. The van der Waals surface area contributed by atoms with E-state index in [0.29, 0.717) is 25.2 Å². The van der Waals surface area contributed by atoms with Crippen LogP contribution in [0.5, 0.6) is 0 Å². The lowest BCUT2D eigenvalue weighted by molar-refractivity contribution is 0.0679. The van der Waals surface area contributed by atoms with Gasteiger partial charge in [0.1, 0.15) is 5.69 Å². The smallest absolute Gasteiger partial charge is 0.354 e. The van der Waals surface area contributed by atoms with Gasteiger partial charge in [0.05, 0.1) is 0 Å². The van der Waals surface area contributed by atoms with Crippen LogP contribution in [0.4, 0.5) is 0 Å². The van der Waals surface area contributed by atoms with E-state index in [9.17, 15) is 19.5 Å². The summed E-state index contributed by atoms with van der Waals surface area (Å²) in [5, 5.41) is 16.9. The van der Waals surface area contributed by atoms with E-state index in [-0.39, 0.29) is 40.6 Å². The minimum Gasteiger partial charge on any atom is -0.477 e. The molecule has 8 nitrogen and oxygen atoms in total. The third-order valence-electron chi connectivity index (χ3n) is 7.86. The predicted molar refractivity (Wildman–Crippen MR) is 146 cm³/mol. The average molecular weight is 525 g/mol. The Kier molecular flexibility index (Phi) is 7.25. The van der Waals surface area contributed by atoms with E-state index in [1.54, 1.807) is 17.0 Å². The molecule has 2 heterocycles. The summed E-state index contributed by atoms with van der Waals surface area (Å²) in [4.78, 5) is 39.7. The number of carbonyl (C=O) groups is 3. The molecule has 0 radical (unpaired) electrons. The molecule has 1 aliphatic heterocycles. The Morgan fingerprint density at radius 1 is 1.08 bits per heavy atom. The molecular formula is C31H32N4O4. The zero-order chi connectivity index (χ0) is 27.6. The standard InChI is InChI=1S/C31H32N4O4/c1-21(2)35-27(30(38)39)17-26(33-35)29(37)34-18-25-9-6-16-31(25,20-34)19-32-28(36)24-14-12-23(13-15-24)11-10-22-7-4-3-5-8-22/h3-5,7-8,12-15,17,21,25H,6,9,16,18-20H2,1-2H3,(H,32,36)(H,38,39)/t25-,31-/m0/s1. The molecule has 1 saturated carbocycles. The maximum absolute atomic E-state index is 13.3. The monoisotopic (exact) mass is 524 g/mol. The van der Waals surface area contributed by atoms with Gasteiger partial charge in [0, 0.05) is 53.8 Å². The number of carboxylic acids is 1. The van der Waals surface area contributed by atoms with Gasteiger partial charge in [0.2, 0.25) is 0 Å². The number of hydrogen-bond donors (Lipinski definition) is 2. The summed E-state index contributed by atoms with van der Waals surface area (Å²) in [6, 6.07) is 18.2. The molecule has 1 saturated heterocycles. The Bertz CT molecular complexity index is 1450. The number of likely N-dealkylation sites (tertiary alicyclic amines) is 1. The largest absolute Gasteiger partial charge is 0.477 e. The van der Waals surface area contributed by atoms with Crippen LogP contribution in [0, 0.1) is 23.2 Å². The van der Waals surface area contributed by atoms with Crippen LogP contribution in [0.3, 0.4) is 0 Å². The van der Waals surface area contributed by atoms with E-state index < -0.39 is 5.97 Å². The average Bonchev–Trinajstić information content (AvgIpc) is 3.64. The Hall–Kier alpha value is -4.38. The van der Waals surface area contributed by atoms with Gasteiger partial charge in [-0.15, -0.1) is 0 Å². The molecule has 8 heteroatoms. The highest BCUT2D eigenvalue weighted by molar-refractivity contribution is 5.96. The molecule has 1 aromatic heterocycles. The second-order valence-electron chi connectivity index (χ2n) is 10.8. The number of amides is 2. The number of hydrogen-bond acceptors (Lipinski definition) is 4. The SMILES string of the molecule is CC(C)n1nc(C(=O)N2C[C@@H]3CCC[C@]3(CNC(=O)c3ccc(C#Cc4ccccc4)cc3)C2)cc1C(=O)O. The summed E-state index contributed by atoms with van der Waals surface area (Å²) in [6.45, 7) is 5.24. The van der Waals surface area contributed by atoms with Crippen LogP contribution in [0.25, 0.3) is 0 Å². The highest BCUT2D eigenvalue weighted by Crippen LogP contribution is 2.48. The Labute approximate surface area is 228 Å². The first-order chi connectivity index (χ1) is 18.8. The van der Waals surface area contributed by atoms with Crippen LogP contribution in [-0.2, 0) is 0 Å². The molecule has 3 aromatic rings. The summed E-state index contributed by atoms with van der Waals surface area (Å²) in [5.74, 6) is 5.00. The van der Waals surface area contributed by atoms with Gasteiger partial charge in [-0.2, -0.15) is 5.10 Å². The van der Waals surface area contributed by atoms with Crippen molar-refractivity contribution in [1.82, 2.24) is 20.0 Å². The number of aromatic nitrogens is 2. The van der Waals surface area contributed by atoms with E-state index in [1.165, 1.54) is 10.7 Å². The van der Waals surface area contributed by atoms with E-state index in [1.807, 2.05) is 56.3 Å². The van der Waals surface area contributed by atoms with Crippen molar-refractivity contribution in [2.24, 2.45) is 11.3 Å². The van der Waals surface area contributed by atoms with Gasteiger partial charge >= 0.3 is 5.97 Å². The summed E-state index contributed by atoms with van der Waals surface area (Å²) in [6.07, 6.45) is 2.98. The lowest BCUT2D eigenvalue weighted by Crippen LogP contribution is -2.41. The molecule has 2 amide bonds. The van der Waals surface area contributed by atoms with Gasteiger partial charge in [0.15, 0.2) is 5.69 Å². The molecule has 2 aliphatic rings. The fourth-order valence-corrected chi connectivity index (χ4v) is 5.80. The summed E-state index contributed by atoms with van der Waals surface area (Å²) < 4.78 is 1.38. The zero-order valence-corrected chi connectivity index (χ0v) is 22.2. The van der Waals surface area contributed by atoms with Crippen molar-refractivity contribution in [2.75, 3.05) is 19.6 Å². The van der Waals surface area contributed by atoms with Gasteiger partial charge in [-0.3, -0.25) is 14.3 Å². The van der Waals surface area contributed by atoms with Crippen molar-refractivity contribution < 1.29 is 19.5 Å². The van der Waals surface area contributed by atoms with Crippen molar-refractivity contribution in [3.05, 3.63) is 88.7 Å². The van der Waals surface area contributed by atoms with Crippen LogP contribution in [0.15, 0.2) is 60.7 Å². The topological polar surface area (TPSA) is 105 Å². The fourth-order valence-electron chi connectivity index (χ4n) is 5.80. The molecule has 0 unspecified atom stereocenters. The number of rotatable bonds is 6. The lowest BCUT2D eigenvalue weighted by Gasteiger charge is -2.29. The lowest BCUT2D eigenvalue weighted by atomic mass is 9.80. The number of carboxylic acid groups (broad SMARTS) is 1. The fraction of sp³-hybridized carbons (Fsp3) is 0.355. The van der Waals surface area contributed by atoms with Crippen molar-refractivity contribution in [3.63, 3.8) is 0 Å². The quantitative estimate of drug-likeness (QED) is 0.470. The number of aromatic carboxylic acids is 1. The van der Waals surface area contributed by atoms with E-state index >= 15 is 0 Å². The number of fused-ring (bicyclic) bond motifs is 1. The van der Waals surface area contributed by atoms with Gasteiger partial charge in [-0.25, -0.2) is 4.79 Å². The van der Waals surface area contributed by atoms with E-state index in [4.69, 9.17) is 0 Å². The van der Waals surface area contributed by atoms with Crippen molar-refractivity contribution >= 4 is 17.8 Å². The third kappa shape index (κ3) is 5.44. The van der Waals surface area contributed by atoms with Crippen molar-refractivity contribution in [1.29, 1.82) is 0 Å². The molecule has 2 N–H and O–H groups in total. The minimum absolute atomic E-state index is 0.00628. The first kappa shape index (κ1) is 26.2. The van der Waals surface area contributed by atoms with E-state index in [2.05, 4.69) is 22.3 Å². The molecule has 5 rings (SSSR count). The third-order valence-corrected chi connectivity index (χ3v) is 7.86. The number of benzene rings is 2. The van der Waals surface area contributed by atoms with Crippen LogP contribution in [0.2, 0.25) is 0 Å². The van der Waals surface area contributed by atoms with E-state index in [0.717, 1.165) is 30.4 Å². The second-order valence-corrected chi connectivity index (χ2v) is 10.8. The molecule has 2 fully saturated rings. The second kappa shape index (κ2) is 10.8. The highest BCUT2D eigenvalue weighted by atomic mass is 16.4. The van der Waals surface area contributed by atoms with Gasteiger partial charge < -0.3 is 15.3 Å². The molecule has 2 atom stereocenters. The maximum atomic E-state index is 13.3. The predicted octanol–water partition coefficient (Wildman–Crippen LogP) is 4.23. The molecule has 200 valence electrons. The summed E-state index contributed by atoms with van der Waals surface area (Å²) in [5.41, 5.74) is 2.30. The minimum atomic E-state index is -1.11. The maximum Gasteiger partial charge on any atom is 0.354 e. The molecule has 2 aromatic carbocycles. The molecular weight excluding hydrogens is 492 g/mol. The Morgan fingerprint density at radius 3 is 2.41 bits per heavy atom. The molecule has 39 heavy (non-hydrogen) atoms. The summed E-state index contributed by atoms with van der Waals surface area (Å²) in [7, 11) is 0. The van der Waals surface area contributed by atoms with Crippen molar-refractivity contribution in [3.8, 4) is 11.8 Å². The van der Waals surface area contributed by atoms with Crippen LogP contribution < -0.4 is 5.32 Å². The first-order valence-corrected chi connectivity index (χ1v) is 13.3. The normalized spacial score (nSPS) is 19.9. The first-order valence-electron chi connectivity index (χ1n) is 13.3. The van der Waals surface area contributed by atoms with Crippen LogP contribution >= 0.6 is 0 Å². The van der Waals surface area contributed by atoms with Gasteiger partial charge in [-0.1, -0.05) is 36.5 Å². The highest BCUT2D eigenvalue weighted by Gasteiger charge is 2.51. The number of nitrogens with zero attached hydrogens (tertiary/aromatic N) is 3. The van der Waals surface area contributed by atoms with Gasteiger partial charge in [0.25, 0.3) is 11.8 Å². The van der Waals surface area contributed by atoms with Gasteiger partial charge in [-0.05, 0) is 69.0 Å². The summed E-state index contributed by atoms with van der Waals surface area (Å²) >= 11 is 0. The Balaban J connectivity index is 1.23. The van der Waals surface area contributed by atoms with Crippen LogP contribution in [-0.4, -0.2) is 57.2 Å². The zero-order valence-electron chi connectivity index (χ0n) is 22.2.